The van der Waals surface area contributed by atoms with Crippen LogP contribution in [0.25, 0.3) is 22.6 Å². The number of hydrogen-bond donors (Lipinski definition) is 7. The van der Waals surface area contributed by atoms with E-state index in [0.29, 0.717) is 129 Å². The Kier molecular flexibility index (Phi) is 54.6. The normalized spacial score (nSPS) is 14.3. The third-order valence-electron chi connectivity index (χ3n) is 15.5. The summed E-state index contributed by atoms with van der Waals surface area (Å²) in [6.07, 6.45) is 6.13. The van der Waals surface area contributed by atoms with Crippen molar-refractivity contribution in [1.82, 2.24) is 25.9 Å². The molecule has 6 heterocycles. The van der Waals surface area contributed by atoms with Crippen molar-refractivity contribution in [3.8, 4) is 39.9 Å². The molecule has 4 fully saturated rings. The Labute approximate surface area is 709 Å². The maximum absolute atomic E-state index is 11.9. The van der Waals surface area contributed by atoms with E-state index < -0.39 is 44.6 Å². The van der Waals surface area contributed by atoms with Crippen LogP contribution in [0.4, 0.5) is 58.1 Å². The van der Waals surface area contributed by atoms with Gasteiger partial charge in [0.1, 0.15) is 41.7 Å². The van der Waals surface area contributed by atoms with Gasteiger partial charge >= 0.3 is 29.8 Å². The lowest BCUT2D eigenvalue weighted by atomic mass is 10.1. The molecule has 4 aliphatic heterocycles. The minimum atomic E-state index is -0.745. The number of ether oxygens (including phenoxy) is 11. The Balaban J connectivity index is 0. The molecule has 0 spiro atoms. The van der Waals surface area contributed by atoms with Gasteiger partial charge in [0.05, 0.1) is 111 Å². The number of alkyl carbamates (subject to hydrolysis) is 3. The molecule has 0 saturated carbocycles. The van der Waals surface area contributed by atoms with E-state index in [0.717, 1.165) is 41.5 Å². The van der Waals surface area contributed by atoms with E-state index in [9.17, 15) is 54.3 Å². The fourth-order valence-corrected chi connectivity index (χ4v) is 10.2. The first-order chi connectivity index (χ1) is 54.1. The number of aromatic nitrogens is 2. The molecule has 658 valence electrons. The molecule has 0 bridgehead atoms. The van der Waals surface area contributed by atoms with Gasteiger partial charge in [0, 0.05) is 117 Å². The molecule has 36 nitrogen and oxygen atoms in total. The molecule has 0 aliphatic carbocycles. The maximum atomic E-state index is 11.9. The van der Waals surface area contributed by atoms with Gasteiger partial charge in [-0.05, 0) is 76.9 Å². The zero-order valence-corrected chi connectivity index (χ0v) is 62.6. The molecule has 0 unspecified atom stereocenters. The van der Waals surface area contributed by atoms with Gasteiger partial charge < -0.3 is 94.1 Å². The van der Waals surface area contributed by atoms with Gasteiger partial charge in [-0.1, -0.05) is 119 Å². The van der Waals surface area contributed by atoms with Crippen molar-refractivity contribution in [1.29, 1.82) is 0 Å². The molecule has 4 amide bonds. The second-order valence-corrected chi connectivity index (χ2v) is 24.0. The number of halogens is 2. The Morgan fingerprint density at radius 1 is 0.458 bits per heavy atom. The fraction of sp³-hybridized carbons (Fsp3) is 0.354. The lowest BCUT2D eigenvalue weighted by Crippen LogP contribution is -2.28. The third kappa shape index (κ3) is 40.4. The van der Waals surface area contributed by atoms with E-state index in [4.69, 9.17) is 85.0 Å². The minimum Gasteiger partial charge on any atom is -0.496 e. The van der Waals surface area contributed by atoms with Crippen LogP contribution >= 0.6 is 24.0 Å². The molecule has 4 aliphatic rings. The number of amides is 4. The zero-order valence-electron chi connectivity index (χ0n) is 61.1. The van der Waals surface area contributed by atoms with E-state index in [1.165, 1.54) is 62.5 Å². The number of nitrogens with one attached hydrogen (secondary N) is 4. The predicted octanol–water partition coefficient (Wildman–Crippen LogP) is 17.5. The summed E-state index contributed by atoms with van der Waals surface area (Å²) in [5.41, 5.74) is 22.5. The Hall–Kier alpha value is -12.7. The van der Waals surface area contributed by atoms with E-state index in [1.54, 1.807) is 104 Å². The van der Waals surface area contributed by atoms with Crippen LogP contribution in [-0.2, 0) is 64.1 Å². The van der Waals surface area contributed by atoms with Crippen molar-refractivity contribution < 1.29 is 99.7 Å². The standard InChI is InChI=1S/C19H20N2O5.C12H14N2O5.C12H16N2O3.C10H8N2O4.C10H10N2O2.C7H8N2O2.C5H7ClO3.7CH4.ClH/c22-18(26-17-9-10-24-13-17)20-12-14-5-4-6-15(11-14)21-19(23)25-16-7-2-1-3-8-16;15-12(19-11-4-5-18-8-11)13-7-9-2-1-3-10(6-9)14(16)17;13-10-3-1-2-9(6-10)7-14-12(15)17-11-4-5-16-8-11;1-15-9-4-7(12(13)14)2-3-8(9)10-5-11-6-16-10;1-13-9-4-7(11)2-3-8(9)10-5-12-6-14-10;8-5-6-2-1-3-7(4-6)9(10)11;6-5(7)9-4-1-2-8-3-4;;;;;;;;/h1-8,11,17H,9-10,12-13H2,(H,20,22)(H,21,23);1-3,6,11H,4-5,7-8H2,(H,13,15);1-3,6,11H,4-5,7-8,13H2,(H,14,15);2-6H,1H3;2-6H,11H2,1H3;1-4H,5,8H2;4H,1-3H2;7*1H4;1H/t17-;2*11-;;;;4-;;;;;;;;/m000...0......../s1. The van der Waals surface area contributed by atoms with E-state index in [1.807, 2.05) is 36.4 Å². The number of anilines is 3. The quantitative estimate of drug-likeness (QED) is 0.0122. The maximum Gasteiger partial charge on any atom is 0.417 e. The van der Waals surface area contributed by atoms with Gasteiger partial charge in [0.2, 0.25) is 0 Å². The highest BCUT2D eigenvalue weighted by atomic mass is 35.5. The first-order valence-corrected chi connectivity index (χ1v) is 34.7. The fourth-order valence-electron chi connectivity index (χ4n) is 10.0. The number of hydrogen-bond acceptors (Lipinski definition) is 29. The van der Waals surface area contributed by atoms with Crippen LogP contribution in [-0.4, -0.2) is 146 Å². The summed E-state index contributed by atoms with van der Waals surface area (Å²) in [5, 5.41) is 42.0. The summed E-state index contributed by atoms with van der Waals surface area (Å²) >= 11 is 4.94. The average molecular weight is 1720 g/mol. The van der Waals surface area contributed by atoms with Crippen molar-refractivity contribution >= 4 is 87.9 Å². The van der Waals surface area contributed by atoms with Crippen molar-refractivity contribution in [3.05, 3.63) is 242 Å². The molecule has 0 radical (unpaired) electrons. The van der Waals surface area contributed by atoms with Crippen LogP contribution in [0.1, 0.15) is 99.9 Å². The first kappa shape index (κ1) is 109. The van der Waals surface area contributed by atoms with Gasteiger partial charge in [-0.25, -0.2) is 33.9 Å². The number of benzene rings is 7. The topological polar surface area (TPSA) is 495 Å². The highest BCUT2D eigenvalue weighted by Gasteiger charge is 2.24. The summed E-state index contributed by atoms with van der Waals surface area (Å²) in [5.74, 6) is 2.70. The Morgan fingerprint density at radius 2 is 0.842 bits per heavy atom. The van der Waals surface area contributed by atoms with E-state index >= 15 is 0 Å². The number of carbonyl (C=O) groups is 5. The molecule has 4 saturated heterocycles. The molecule has 7 aromatic carbocycles. The van der Waals surface area contributed by atoms with Gasteiger partial charge in [-0.15, -0.1) is 12.4 Å². The molecule has 120 heavy (non-hydrogen) atoms. The summed E-state index contributed by atoms with van der Waals surface area (Å²) < 4.78 is 66.1. The van der Waals surface area contributed by atoms with Crippen LogP contribution in [0.5, 0.6) is 17.2 Å². The number of para-hydroxylation sites is 1. The number of nitro groups is 3. The summed E-state index contributed by atoms with van der Waals surface area (Å²) in [6, 6.07) is 45.4. The molecule has 10 N–H and O–H groups in total. The van der Waals surface area contributed by atoms with Crippen molar-refractivity contribution in [2.24, 2.45) is 5.73 Å². The van der Waals surface area contributed by atoms with Crippen molar-refractivity contribution in [2.75, 3.05) is 83.9 Å². The number of nitrogen functional groups attached to an aromatic ring is 2. The number of non-ortho nitro benzene ring substituents is 3. The monoisotopic (exact) mass is 1720 g/mol. The number of nitrogens with zero attached hydrogens (tertiary/aromatic N) is 5. The third-order valence-corrected chi connectivity index (χ3v) is 15.6. The highest BCUT2D eigenvalue weighted by molar-refractivity contribution is 6.61. The van der Waals surface area contributed by atoms with Gasteiger partial charge in [0.15, 0.2) is 24.3 Å². The van der Waals surface area contributed by atoms with Gasteiger partial charge in [0.25, 0.3) is 17.1 Å². The number of rotatable bonds is 20. The smallest absolute Gasteiger partial charge is 0.417 e. The number of methoxy groups -OCH3 is 2. The SMILES string of the molecule is C.C.C.C.C.C.C.COc1cc(N)ccc1-c1cnco1.COc1cc([N+](=O)[O-])ccc1-c1cnco1.Cl.NCc1cccc([N+](=O)[O-])c1.Nc1cccc(CNC(=O)O[C@H]2CCOC2)c1.O=C(Cl)O[C@H]1CCOC1.O=C(NCc1cccc([N+](=O)[O-])c1)O[C@H]1CCOC1.O=C(Nc1cccc(CNC(=O)O[C@H]2CCOC2)c1)Oc1ccccc1. The zero-order chi connectivity index (χ0) is 80.4. The molecular weight excluding hydrogens is 1610 g/mol. The summed E-state index contributed by atoms with van der Waals surface area (Å²) in [4.78, 5) is 94.3. The van der Waals surface area contributed by atoms with Gasteiger partial charge in [-0.2, -0.15) is 0 Å². The molecule has 38 heteroatoms. The van der Waals surface area contributed by atoms with Crippen LogP contribution in [0, 0.1) is 30.3 Å². The summed E-state index contributed by atoms with van der Waals surface area (Å²) in [7, 11) is 3.04. The molecular formula is C82H112Cl2N12O24. The second kappa shape index (κ2) is 59.9. The largest absolute Gasteiger partial charge is 0.496 e. The average Bonchev–Trinajstić information content (AvgIpc) is 1.41. The Bertz CT molecular complexity index is 4440. The second-order valence-electron chi connectivity index (χ2n) is 23.7. The Morgan fingerprint density at radius 3 is 1.24 bits per heavy atom. The van der Waals surface area contributed by atoms with E-state index in [-0.39, 0.29) is 119 Å². The summed E-state index contributed by atoms with van der Waals surface area (Å²) in [6.45, 7) is 5.60. The number of carbonyl (C=O) groups excluding carboxylic acids is 5. The number of nitrogens with two attached hydrogens (primary N) is 3. The van der Waals surface area contributed by atoms with Gasteiger partial charge in [-0.3, -0.25) is 35.7 Å². The number of nitro benzene ring substituents is 3. The minimum absolute atomic E-state index is 0. The molecule has 2 aromatic heterocycles. The molecule has 13 rings (SSSR count). The van der Waals surface area contributed by atoms with Crippen molar-refractivity contribution in [2.45, 2.75) is 128 Å². The number of oxazole rings is 2. The predicted molar refractivity (Wildman–Crippen MR) is 459 cm³/mol. The van der Waals surface area contributed by atoms with E-state index in [2.05, 4.69) is 36.0 Å². The first-order valence-electron chi connectivity index (χ1n) is 34.3. The van der Waals surface area contributed by atoms with Crippen molar-refractivity contribution in [3.63, 3.8) is 0 Å². The molecule has 4 atom stereocenters. The lowest BCUT2D eigenvalue weighted by molar-refractivity contribution is -0.385. The van der Waals surface area contributed by atoms with Crippen LogP contribution in [0.3, 0.4) is 0 Å². The highest BCUT2D eigenvalue weighted by Crippen LogP contribution is 2.34. The van der Waals surface area contributed by atoms with Crippen LogP contribution in [0.2, 0.25) is 0 Å². The van der Waals surface area contributed by atoms with Crippen LogP contribution < -0.4 is 52.7 Å². The van der Waals surface area contributed by atoms with Crippen LogP contribution in [0.15, 0.2) is 198 Å². The lowest BCUT2D eigenvalue weighted by Gasteiger charge is -2.12. The molecule has 9 aromatic rings.